The van der Waals surface area contributed by atoms with Crippen LogP contribution in [-0.2, 0) is 22.4 Å². The number of aromatic amines is 1. The van der Waals surface area contributed by atoms with Crippen molar-refractivity contribution >= 4 is 5.97 Å². The van der Waals surface area contributed by atoms with E-state index in [4.69, 9.17) is 9.84 Å². The maximum absolute atomic E-state index is 11.1. The highest BCUT2D eigenvalue weighted by Crippen LogP contribution is 2.30. The molecule has 0 saturated heterocycles. The van der Waals surface area contributed by atoms with Crippen molar-refractivity contribution in [1.82, 2.24) is 9.97 Å². The molecule has 1 aromatic rings. The number of imidazole rings is 1. The molecule has 5 heteroatoms. The van der Waals surface area contributed by atoms with Crippen LogP contribution in [0.3, 0.4) is 0 Å². The normalized spacial score (nSPS) is 19.4. The van der Waals surface area contributed by atoms with Gasteiger partial charge < -0.3 is 14.8 Å². The molecule has 1 atom stereocenters. The number of hydrogen-bond donors (Lipinski definition) is 2. The smallest absolute Gasteiger partial charge is 0.312 e. The number of rotatable bonds is 4. The number of methoxy groups -OCH3 is 1. The lowest BCUT2D eigenvalue weighted by molar-refractivity contribution is -0.139. The van der Waals surface area contributed by atoms with Crippen LogP contribution >= 0.6 is 0 Å². The number of ether oxygens (including phenoxy) is 1. The first-order valence-corrected chi connectivity index (χ1v) is 5.51. The van der Waals surface area contributed by atoms with E-state index in [9.17, 15) is 4.79 Å². The summed E-state index contributed by atoms with van der Waals surface area (Å²) in [5, 5.41) is 9.09. The number of aryl methyl sites for hydroxylation is 1. The average molecular weight is 224 g/mol. The summed E-state index contributed by atoms with van der Waals surface area (Å²) >= 11 is 0. The maximum atomic E-state index is 11.1. The van der Waals surface area contributed by atoms with E-state index in [-0.39, 0.29) is 0 Å². The number of aliphatic carboxylic acids is 1. The Morgan fingerprint density at radius 3 is 3.19 bits per heavy atom. The van der Waals surface area contributed by atoms with Gasteiger partial charge in [0.2, 0.25) is 0 Å². The number of nitrogens with one attached hydrogen (secondary N) is 1. The first-order chi connectivity index (χ1) is 7.72. The second-order valence-electron chi connectivity index (χ2n) is 4.07. The Hall–Kier alpha value is -1.36. The van der Waals surface area contributed by atoms with Crippen LogP contribution in [-0.4, -0.2) is 34.8 Å². The molecule has 2 N–H and O–H groups in total. The van der Waals surface area contributed by atoms with Crippen LogP contribution in [0.15, 0.2) is 0 Å². The second-order valence-corrected chi connectivity index (χ2v) is 4.07. The van der Waals surface area contributed by atoms with Crippen LogP contribution in [0.5, 0.6) is 0 Å². The molecule has 1 unspecified atom stereocenters. The van der Waals surface area contributed by atoms with Crippen molar-refractivity contribution in [2.45, 2.75) is 31.6 Å². The Morgan fingerprint density at radius 1 is 1.69 bits per heavy atom. The van der Waals surface area contributed by atoms with Gasteiger partial charge in [0, 0.05) is 19.2 Å². The lowest BCUT2D eigenvalue weighted by atomic mass is 9.90. The number of carbonyl (C=O) groups is 1. The summed E-state index contributed by atoms with van der Waals surface area (Å²) in [5.74, 6) is -0.373. The van der Waals surface area contributed by atoms with Gasteiger partial charge in [0.1, 0.15) is 11.7 Å². The largest absolute Gasteiger partial charge is 0.481 e. The Morgan fingerprint density at radius 2 is 2.50 bits per heavy atom. The molecule has 0 bridgehead atoms. The molecule has 16 heavy (non-hydrogen) atoms. The molecule has 1 aliphatic carbocycles. The summed E-state index contributed by atoms with van der Waals surface area (Å²) in [6.07, 6.45) is 3.21. The van der Waals surface area contributed by atoms with E-state index in [1.165, 1.54) is 0 Å². The standard InChI is InChI=1S/C11H16N2O3/c1-16-6-5-9-12-8-4-2-3-7(11(14)15)10(8)13-9/h7H,2-6H2,1H3,(H,12,13)(H,14,15). The molecule has 1 heterocycles. The zero-order valence-electron chi connectivity index (χ0n) is 9.32. The lowest BCUT2D eigenvalue weighted by Gasteiger charge is -2.16. The molecule has 5 nitrogen and oxygen atoms in total. The number of carboxylic acids is 1. The van der Waals surface area contributed by atoms with Crippen LogP contribution in [0, 0.1) is 0 Å². The Bertz CT molecular complexity index is 387. The van der Waals surface area contributed by atoms with Crippen LogP contribution in [0.4, 0.5) is 0 Å². The van der Waals surface area contributed by atoms with Crippen molar-refractivity contribution in [3.05, 3.63) is 17.2 Å². The molecule has 0 fully saturated rings. The number of fused-ring (bicyclic) bond motifs is 1. The van der Waals surface area contributed by atoms with Crippen molar-refractivity contribution in [3.8, 4) is 0 Å². The zero-order valence-corrected chi connectivity index (χ0v) is 9.32. The number of aromatic nitrogens is 2. The third-order valence-electron chi connectivity index (χ3n) is 2.95. The number of nitrogens with zero attached hydrogens (tertiary/aromatic N) is 1. The third-order valence-corrected chi connectivity index (χ3v) is 2.95. The molecule has 0 aliphatic heterocycles. The topological polar surface area (TPSA) is 75.2 Å². The highest BCUT2D eigenvalue weighted by atomic mass is 16.5. The predicted molar refractivity (Wildman–Crippen MR) is 57.5 cm³/mol. The van der Waals surface area contributed by atoms with Gasteiger partial charge in [-0.05, 0) is 19.3 Å². The van der Waals surface area contributed by atoms with E-state index >= 15 is 0 Å². The van der Waals surface area contributed by atoms with Crippen molar-refractivity contribution < 1.29 is 14.6 Å². The predicted octanol–water partition coefficient (Wildman–Crippen LogP) is 1.10. The minimum Gasteiger partial charge on any atom is -0.481 e. The molecule has 88 valence electrons. The van der Waals surface area contributed by atoms with Gasteiger partial charge in [0.25, 0.3) is 0 Å². The van der Waals surface area contributed by atoms with Gasteiger partial charge in [-0.3, -0.25) is 4.79 Å². The Balaban J connectivity index is 2.20. The van der Waals surface area contributed by atoms with Crippen LogP contribution in [0.2, 0.25) is 0 Å². The summed E-state index contributed by atoms with van der Waals surface area (Å²) in [6, 6.07) is 0. The summed E-state index contributed by atoms with van der Waals surface area (Å²) in [4.78, 5) is 18.6. The summed E-state index contributed by atoms with van der Waals surface area (Å²) in [7, 11) is 1.64. The average Bonchev–Trinajstić information content (AvgIpc) is 2.68. The fraction of sp³-hybridized carbons (Fsp3) is 0.636. The zero-order chi connectivity index (χ0) is 11.5. The minimum atomic E-state index is -0.772. The Kier molecular flexibility index (Phi) is 3.24. The second kappa shape index (κ2) is 4.65. The van der Waals surface area contributed by atoms with E-state index < -0.39 is 11.9 Å². The first kappa shape index (κ1) is 11.1. The van der Waals surface area contributed by atoms with Gasteiger partial charge >= 0.3 is 5.97 Å². The van der Waals surface area contributed by atoms with Crippen molar-refractivity contribution in [2.75, 3.05) is 13.7 Å². The fourth-order valence-corrected chi connectivity index (χ4v) is 2.14. The summed E-state index contributed by atoms with van der Waals surface area (Å²) in [6.45, 7) is 0.601. The molecular formula is C11H16N2O3. The van der Waals surface area contributed by atoms with Crippen LogP contribution < -0.4 is 0 Å². The molecule has 0 amide bonds. The van der Waals surface area contributed by atoms with Crippen molar-refractivity contribution in [3.63, 3.8) is 0 Å². The van der Waals surface area contributed by atoms with Crippen molar-refractivity contribution in [1.29, 1.82) is 0 Å². The van der Waals surface area contributed by atoms with Gasteiger partial charge in [-0.2, -0.15) is 0 Å². The monoisotopic (exact) mass is 224 g/mol. The molecule has 0 spiro atoms. The number of carboxylic acid groups (broad SMARTS) is 1. The van der Waals surface area contributed by atoms with E-state index in [2.05, 4.69) is 9.97 Å². The molecule has 1 aromatic heterocycles. The minimum absolute atomic E-state index is 0.434. The third kappa shape index (κ3) is 2.09. The van der Waals surface area contributed by atoms with Gasteiger partial charge in [-0.25, -0.2) is 4.98 Å². The van der Waals surface area contributed by atoms with E-state index in [1.807, 2.05) is 0 Å². The molecule has 1 aliphatic rings. The van der Waals surface area contributed by atoms with Crippen LogP contribution in [0.1, 0.15) is 36.0 Å². The van der Waals surface area contributed by atoms with Crippen LogP contribution in [0.25, 0.3) is 0 Å². The first-order valence-electron chi connectivity index (χ1n) is 5.51. The molecule has 0 aromatic carbocycles. The quantitative estimate of drug-likeness (QED) is 0.803. The number of H-pyrrole nitrogens is 1. The van der Waals surface area contributed by atoms with Gasteiger partial charge in [-0.15, -0.1) is 0 Å². The molecule has 0 saturated carbocycles. The number of hydrogen-bond acceptors (Lipinski definition) is 3. The van der Waals surface area contributed by atoms with E-state index in [0.29, 0.717) is 19.4 Å². The molecular weight excluding hydrogens is 208 g/mol. The highest BCUT2D eigenvalue weighted by molar-refractivity contribution is 5.76. The van der Waals surface area contributed by atoms with Gasteiger partial charge in [0.15, 0.2) is 0 Å². The molecule has 2 rings (SSSR count). The highest BCUT2D eigenvalue weighted by Gasteiger charge is 2.29. The lowest BCUT2D eigenvalue weighted by Crippen LogP contribution is -2.17. The van der Waals surface area contributed by atoms with E-state index in [1.54, 1.807) is 7.11 Å². The summed E-state index contributed by atoms with van der Waals surface area (Å²) < 4.78 is 4.98. The molecule has 0 radical (unpaired) electrons. The maximum Gasteiger partial charge on any atom is 0.312 e. The Labute approximate surface area is 93.8 Å². The fourth-order valence-electron chi connectivity index (χ4n) is 2.14. The van der Waals surface area contributed by atoms with Gasteiger partial charge in [0.05, 0.1) is 12.3 Å². The van der Waals surface area contributed by atoms with Gasteiger partial charge in [-0.1, -0.05) is 0 Å². The van der Waals surface area contributed by atoms with Crippen molar-refractivity contribution in [2.24, 2.45) is 0 Å². The SMILES string of the molecule is COCCc1nc2c([nH]1)CCCC2C(=O)O. The summed E-state index contributed by atoms with van der Waals surface area (Å²) in [5.41, 5.74) is 1.72. The van der Waals surface area contributed by atoms with E-state index in [0.717, 1.165) is 30.1 Å².